The molecular weight excluding hydrogens is 248 g/mol. The summed E-state index contributed by atoms with van der Waals surface area (Å²) in [5, 5.41) is 0. The highest BCUT2D eigenvalue weighted by Gasteiger charge is 2.30. The van der Waals surface area contributed by atoms with Crippen LogP contribution in [0.1, 0.15) is 29.9 Å². The van der Waals surface area contributed by atoms with E-state index in [1.54, 1.807) is 0 Å². The number of esters is 1. The van der Waals surface area contributed by atoms with Gasteiger partial charge in [0, 0.05) is 5.92 Å². The highest BCUT2D eigenvalue weighted by Crippen LogP contribution is 2.34. The molecule has 1 unspecified atom stereocenters. The molecule has 1 saturated heterocycles. The Morgan fingerprint density at radius 2 is 1.50 bits per heavy atom. The Labute approximate surface area is 119 Å². The Hall–Kier alpha value is -2.09. The minimum absolute atomic E-state index is 0.0282. The molecule has 0 spiro atoms. The average Bonchev–Trinajstić information content (AvgIpc) is 2.92. The summed E-state index contributed by atoms with van der Waals surface area (Å²) in [6.07, 6.45) is 1.67. The number of hydrogen-bond donors (Lipinski definition) is 0. The first-order valence-corrected chi connectivity index (χ1v) is 7.11. The molecule has 1 atom stereocenters. The number of cyclic esters (lactones) is 1. The number of ether oxygens (including phenoxy) is 1. The normalized spacial score (nSPS) is 18.2. The standard InChI is InChI=1S/C18H18O2/c19-18-16(11-12-20-18)13-17(14-7-3-1-4-8-14)15-9-5-2-6-10-15/h1-10,16-17H,11-13H2. The van der Waals surface area contributed by atoms with Crippen molar-refractivity contribution in [2.45, 2.75) is 18.8 Å². The molecule has 0 saturated carbocycles. The molecule has 0 amide bonds. The van der Waals surface area contributed by atoms with E-state index in [1.165, 1.54) is 11.1 Å². The molecule has 0 aromatic heterocycles. The Bertz CT molecular complexity index is 523. The van der Waals surface area contributed by atoms with Crippen LogP contribution >= 0.6 is 0 Å². The molecule has 0 aliphatic carbocycles. The Morgan fingerprint density at radius 3 is 1.95 bits per heavy atom. The molecule has 2 nitrogen and oxygen atoms in total. The van der Waals surface area contributed by atoms with Crippen LogP contribution in [0, 0.1) is 5.92 Å². The van der Waals surface area contributed by atoms with Crippen LogP contribution in [0.2, 0.25) is 0 Å². The fourth-order valence-electron chi connectivity index (χ4n) is 2.87. The minimum Gasteiger partial charge on any atom is -0.465 e. The van der Waals surface area contributed by atoms with E-state index in [1.807, 2.05) is 12.1 Å². The van der Waals surface area contributed by atoms with Crippen molar-refractivity contribution in [1.82, 2.24) is 0 Å². The van der Waals surface area contributed by atoms with Gasteiger partial charge >= 0.3 is 5.97 Å². The molecule has 2 aromatic carbocycles. The summed E-state index contributed by atoms with van der Waals surface area (Å²) in [6, 6.07) is 20.8. The predicted octanol–water partition coefficient (Wildman–Crippen LogP) is 3.77. The van der Waals surface area contributed by atoms with E-state index < -0.39 is 0 Å². The van der Waals surface area contributed by atoms with Gasteiger partial charge in [0.2, 0.25) is 0 Å². The monoisotopic (exact) mass is 266 g/mol. The number of hydrogen-bond acceptors (Lipinski definition) is 2. The zero-order valence-corrected chi connectivity index (χ0v) is 11.4. The van der Waals surface area contributed by atoms with E-state index in [0.29, 0.717) is 6.61 Å². The lowest BCUT2D eigenvalue weighted by Crippen LogP contribution is -2.13. The lowest BCUT2D eigenvalue weighted by molar-refractivity contribution is -0.141. The molecule has 20 heavy (non-hydrogen) atoms. The average molecular weight is 266 g/mol. The lowest BCUT2D eigenvalue weighted by Gasteiger charge is -2.20. The molecule has 2 aromatic rings. The van der Waals surface area contributed by atoms with Crippen molar-refractivity contribution in [2.75, 3.05) is 6.61 Å². The van der Waals surface area contributed by atoms with E-state index in [-0.39, 0.29) is 17.8 Å². The third-order valence-electron chi connectivity index (χ3n) is 3.97. The molecule has 1 heterocycles. The van der Waals surface area contributed by atoms with Crippen LogP contribution in [-0.4, -0.2) is 12.6 Å². The molecule has 0 N–H and O–H groups in total. The lowest BCUT2D eigenvalue weighted by atomic mass is 9.83. The summed E-state index contributed by atoms with van der Waals surface area (Å²) in [5.41, 5.74) is 2.52. The fourth-order valence-corrected chi connectivity index (χ4v) is 2.87. The van der Waals surface area contributed by atoms with Gasteiger partial charge in [0.05, 0.1) is 12.5 Å². The van der Waals surface area contributed by atoms with Crippen LogP contribution < -0.4 is 0 Å². The summed E-state index contributed by atoms with van der Waals surface area (Å²) >= 11 is 0. The fraction of sp³-hybridized carbons (Fsp3) is 0.278. The zero-order valence-electron chi connectivity index (χ0n) is 11.4. The number of carbonyl (C=O) groups is 1. The first-order valence-electron chi connectivity index (χ1n) is 7.11. The molecule has 1 aliphatic heterocycles. The van der Waals surface area contributed by atoms with Gasteiger partial charge in [-0.15, -0.1) is 0 Å². The first-order chi connectivity index (χ1) is 9.84. The first kappa shape index (κ1) is 12.9. The Morgan fingerprint density at radius 1 is 0.950 bits per heavy atom. The molecule has 3 rings (SSSR count). The quantitative estimate of drug-likeness (QED) is 0.787. The van der Waals surface area contributed by atoms with E-state index >= 15 is 0 Å². The van der Waals surface area contributed by atoms with E-state index in [0.717, 1.165) is 12.8 Å². The van der Waals surface area contributed by atoms with Crippen LogP contribution in [-0.2, 0) is 9.53 Å². The number of carbonyl (C=O) groups excluding carboxylic acids is 1. The van der Waals surface area contributed by atoms with E-state index in [9.17, 15) is 4.79 Å². The van der Waals surface area contributed by atoms with Crippen molar-refractivity contribution < 1.29 is 9.53 Å². The minimum atomic E-state index is -0.0399. The van der Waals surface area contributed by atoms with Crippen molar-refractivity contribution in [3.8, 4) is 0 Å². The van der Waals surface area contributed by atoms with Crippen molar-refractivity contribution in [3.05, 3.63) is 71.8 Å². The van der Waals surface area contributed by atoms with Gasteiger partial charge in [0.25, 0.3) is 0 Å². The second-order valence-corrected chi connectivity index (χ2v) is 5.26. The molecule has 1 fully saturated rings. The molecule has 1 aliphatic rings. The zero-order chi connectivity index (χ0) is 13.8. The van der Waals surface area contributed by atoms with Gasteiger partial charge in [-0.1, -0.05) is 60.7 Å². The van der Waals surface area contributed by atoms with Crippen LogP contribution in [0.4, 0.5) is 0 Å². The van der Waals surface area contributed by atoms with Crippen LogP contribution in [0.3, 0.4) is 0 Å². The van der Waals surface area contributed by atoms with Crippen LogP contribution in [0.5, 0.6) is 0 Å². The van der Waals surface area contributed by atoms with Gasteiger partial charge in [0.1, 0.15) is 0 Å². The molecule has 0 radical (unpaired) electrons. The van der Waals surface area contributed by atoms with Crippen LogP contribution in [0.15, 0.2) is 60.7 Å². The molecular formula is C18H18O2. The van der Waals surface area contributed by atoms with Crippen molar-refractivity contribution in [3.63, 3.8) is 0 Å². The van der Waals surface area contributed by atoms with E-state index in [4.69, 9.17) is 4.74 Å². The third kappa shape index (κ3) is 2.74. The summed E-state index contributed by atoms with van der Waals surface area (Å²) in [7, 11) is 0. The highest BCUT2D eigenvalue weighted by molar-refractivity contribution is 5.74. The van der Waals surface area contributed by atoms with Gasteiger partial charge < -0.3 is 4.74 Å². The highest BCUT2D eigenvalue weighted by atomic mass is 16.5. The number of rotatable bonds is 4. The largest absolute Gasteiger partial charge is 0.465 e. The third-order valence-corrected chi connectivity index (χ3v) is 3.97. The summed E-state index contributed by atoms with van der Waals surface area (Å²) in [5.74, 6) is 0.246. The van der Waals surface area contributed by atoms with Gasteiger partial charge in [0.15, 0.2) is 0 Å². The SMILES string of the molecule is O=C1OCCC1CC(c1ccccc1)c1ccccc1. The second kappa shape index (κ2) is 5.91. The summed E-state index contributed by atoms with van der Waals surface area (Å²) in [4.78, 5) is 11.8. The maximum absolute atomic E-state index is 11.8. The van der Waals surface area contributed by atoms with Gasteiger partial charge in [-0.3, -0.25) is 4.79 Å². The second-order valence-electron chi connectivity index (χ2n) is 5.26. The maximum Gasteiger partial charge on any atom is 0.309 e. The summed E-state index contributed by atoms with van der Waals surface area (Å²) in [6.45, 7) is 0.569. The van der Waals surface area contributed by atoms with Gasteiger partial charge in [-0.25, -0.2) is 0 Å². The Balaban J connectivity index is 1.90. The van der Waals surface area contributed by atoms with Gasteiger partial charge in [-0.05, 0) is 24.0 Å². The molecule has 2 heteroatoms. The molecule has 102 valence electrons. The summed E-state index contributed by atoms with van der Waals surface area (Å²) < 4.78 is 5.10. The van der Waals surface area contributed by atoms with Crippen LogP contribution in [0.25, 0.3) is 0 Å². The smallest absolute Gasteiger partial charge is 0.309 e. The Kier molecular flexibility index (Phi) is 3.82. The maximum atomic E-state index is 11.8. The van der Waals surface area contributed by atoms with Crippen molar-refractivity contribution >= 4 is 5.97 Å². The van der Waals surface area contributed by atoms with Gasteiger partial charge in [-0.2, -0.15) is 0 Å². The van der Waals surface area contributed by atoms with Crippen molar-refractivity contribution in [1.29, 1.82) is 0 Å². The topological polar surface area (TPSA) is 26.3 Å². The number of benzene rings is 2. The molecule has 0 bridgehead atoms. The van der Waals surface area contributed by atoms with E-state index in [2.05, 4.69) is 48.5 Å². The van der Waals surface area contributed by atoms with Crippen molar-refractivity contribution in [2.24, 2.45) is 5.92 Å². The predicted molar refractivity (Wildman–Crippen MR) is 78.4 cm³/mol.